The quantitative estimate of drug-likeness (QED) is 0.789. The fraction of sp³-hybridized carbons (Fsp3) is 0.632. The maximum absolute atomic E-state index is 12.2. The zero-order chi connectivity index (χ0) is 17.5. The van der Waals surface area contributed by atoms with Crippen LogP contribution in [0.25, 0.3) is 0 Å². The maximum Gasteiger partial charge on any atom is 0.221 e. The number of ether oxygens (including phenoxy) is 3. The first-order valence-electron chi connectivity index (χ1n) is 9.16. The van der Waals surface area contributed by atoms with Gasteiger partial charge in [-0.15, -0.1) is 0 Å². The van der Waals surface area contributed by atoms with Crippen LogP contribution in [0.15, 0.2) is 18.2 Å². The molecule has 0 aromatic heterocycles. The molecule has 2 aliphatic rings. The van der Waals surface area contributed by atoms with Gasteiger partial charge in [-0.3, -0.25) is 4.79 Å². The largest absolute Gasteiger partial charge is 0.493 e. The monoisotopic (exact) mass is 348 g/mol. The van der Waals surface area contributed by atoms with Gasteiger partial charge in [-0.05, 0) is 31.7 Å². The van der Waals surface area contributed by atoms with E-state index in [4.69, 9.17) is 14.2 Å². The van der Waals surface area contributed by atoms with Gasteiger partial charge in [0.05, 0.1) is 26.4 Å². The topological polar surface area (TPSA) is 68.8 Å². The molecule has 1 aromatic carbocycles. The van der Waals surface area contributed by atoms with Crippen molar-refractivity contribution in [2.24, 2.45) is 0 Å². The molecule has 25 heavy (non-hydrogen) atoms. The van der Waals surface area contributed by atoms with E-state index in [2.05, 4.69) is 10.6 Å². The number of carbonyl (C=O) groups is 1. The number of hydrogen-bond acceptors (Lipinski definition) is 5. The molecule has 2 fully saturated rings. The van der Waals surface area contributed by atoms with Gasteiger partial charge in [-0.25, -0.2) is 0 Å². The van der Waals surface area contributed by atoms with E-state index in [0.717, 1.165) is 36.4 Å². The second-order valence-corrected chi connectivity index (χ2v) is 6.68. The summed E-state index contributed by atoms with van der Waals surface area (Å²) in [5, 5.41) is 6.29. The van der Waals surface area contributed by atoms with E-state index in [9.17, 15) is 4.79 Å². The third kappa shape index (κ3) is 5.09. The summed E-state index contributed by atoms with van der Waals surface area (Å²) in [7, 11) is 1.65. The van der Waals surface area contributed by atoms with Crippen LogP contribution in [0, 0.1) is 0 Å². The number of rotatable bonds is 7. The van der Waals surface area contributed by atoms with E-state index < -0.39 is 0 Å². The third-order valence-corrected chi connectivity index (χ3v) is 4.77. The van der Waals surface area contributed by atoms with Crippen molar-refractivity contribution in [3.63, 3.8) is 0 Å². The molecule has 1 saturated carbocycles. The molecule has 2 N–H and O–H groups in total. The number of carbonyl (C=O) groups excluding carboxylic acids is 1. The standard InChI is InChI=1S/C19H28N2O4/c1-23-17-8-4-5-14(19(17)25-16-6-2-3-7-16)12-21-18(22)11-15-13-24-10-9-20-15/h4-5,8,15-16,20H,2-3,6-7,9-13H2,1H3,(H,21,22). The molecule has 6 heteroatoms. The van der Waals surface area contributed by atoms with Gasteiger partial charge in [0.2, 0.25) is 5.91 Å². The minimum atomic E-state index is 0.0117. The Bertz CT molecular complexity index is 567. The van der Waals surface area contributed by atoms with Gasteiger partial charge in [-0.1, -0.05) is 12.1 Å². The average Bonchev–Trinajstić information content (AvgIpc) is 3.15. The van der Waals surface area contributed by atoms with E-state index in [1.807, 2.05) is 18.2 Å². The van der Waals surface area contributed by atoms with Gasteiger partial charge in [0.15, 0.2) is 11.5 Å². The summed E-state index contributed by atoms with van der Waals surface area (Å²) < 4.78 is 17.1. The molecule has 0 radical (unpaired) electrons. The molecule has 3 rings (SSSR count). The first kappa shape index (κ1) is 18.0. The van der Waals surface area contributed by atoms with Gasteiger partial charge in [0, 0.05) is 31.1 Å². The Morgan fingerprint density at radius 1 is 1.36 bits per heavy atom. The fourth-order valence-electron chi connectivity index (χ4n) is 3.41. The molecule has 1 aliphatic carbocycles. The summed E-state index contributed by atoms with van der Waals surface area (Å²) in [6.45, 7) is 2.53. The number of benzene rings is 1. The van der Waals surface area contributed by atoms with E-state index in [0.29, 0.717) is 26.2 Å². The number of nitrogens with one attached hydrogen (secondary N) is 2. The maximum atomic E-state index is 12.2. The molecular formula is C19H28N2O4. The van der Waals surface area contributed by atoms with Crippen molar-refractivity contribution < 1.29 is 19.0 Å². The highest BCUT2D eigenvalue weighted by Gasteiger charge is 2.21. The van der Waals surface area contributed by atoms with Crippen LogP contribution >= 0.6 is 0 Å². The zero-order valence-electron chi connectivity index (χ0n) is 14.9. The predicted molar refractivity (Wildman–Crippen MR) is 95.0 cm³/mol. The summed E-state index contributed by atoms with van der Waals surface area (Å²) in [5.74, 6) is 1.50. The lowest BCUT2D eigenvalue weighted by Gasteiger charge is -2.23. The van der Waals surface area contributed by atoms with Crippen molar-refractivity contribution >= 4 is 5.91 Å². The number of hydrogen-bond donors (Lipinski definition) is 2. The molecular weight excluding hydrogens is 320 g/mol. The molecule has 0 spiro atoms. The highest BCUT2D eigenvalue weighted by Crippen LogP contribution is 2.34. The summed E-state index contributed by atoms with van der Waals surface area (Å²) >= 11 is 0. The van der Waals surface area contributed by atoms with Gasteiger partial charge < -0.3 is 24.8 Å². The molecule has 0 bridgehead atoms. The summed E-state index contributed by atoms with van der Waals surface area (Å²) in [6, 6.07) is 5.90. The Morgan fingerprint density at radius 2 is 2.20 bits per heavy atom. The van der Waals surface area contributed by atoms with Crippen LogP contribution in [0.2, 0.25) is 0 Å². The molecule has 1 heterocycles. The van der Waals surface area contributed by atoms with Crippen LogP contribution < -0.4 is 20.1 Å². The Morgan fingerprint density at radius 3 is 2.92 bits per heavy atom. The molecule has 1 unspecified atom stereocenters. The van der Waals surface area contributed by atoms with Gasteiger partial charge in [0.1, 0.15) is 0 Å². The van der Waals surface area contributed by atoms with E-state index in [1.54, 1.807) is 7.11 Å². The van der Waals surface area contributed by atoms with Crippen molar-refractivity contribution in [2.75, 3.05) is 26.9 Å². The lowest BCUT2D eigenvalue weighted by atomic mass is 10.1. The molecule has 1 atom stereocenters. The molecule has 1 saturated heterocycles. The fourth-order valence-corrected chi connectivity index (χ4v) is 3.41. The van der Waals surface area contributed by atoms with Crippen LogP contribution in [0.4, 0.5) is 0 Å². The average molecular weight is 348 g/mol. The summed E-state index contributed by atoms with van der Waals surface area (Å²) in [6.07, 6.45) is 5.25. The van der Waals surface area contributed by atoms with Crippen LogP contribution in [-0.4, -0.2) is 44.9 Å². The first-order chi connectivity index (χ1) is 12.3. The predicted octanol–water partition coefficient (Wildman–Crippen LogP) is 2.01. The minimum Gasteiger partial charge on any atom is -0.493 e. The molecule has 1 amide bonds. The van der Waals surface area contributed by atoms with Crippen LogP contribution in [0.5, 0.6) is 11.5 Å². The van der Waals surface area contributed by atoms with Gasteiger partial charge in [0.25, 0.3) is 0 Å². The lowest BCUT2D eigenvalue weighted by molar-refractivity contribution is -0.122. The molecule has 6 nitrogen and oxygen atoms in total. The van der Waals surface area contributed by atoms with Crippen molar-refractivity contribution in [3.05, 3.63) is 23.8 Å². The van der Waals surface area contributed by atoms with Crippen molar-refractivity contribution in [1.82, 2.24) is 10.6 Å². The Balaban J connectivity index is 1.59. The minimum absolute atomic E-state index is 0.0117. The molecule has 1 aliphatic heterocycles. The number of morpholine rings is 1. The number of amides is 1. The number of para-hydroxylation sites is 1. The van der Waals surface area contributed by atoms with E-state index >= 15 is 0 Å². The second kappa shape index (κ2) is 9.06. The third-order valence-electron chi connectivity index (χ3n) is 4.77. The zero-order valence-corrected chi connectivity index (χ0v) is 14.9. The number of methoxy groups -OCH3 is 1. The van der Waals surface area contributed by atoms with E-state index in [-0.39, 0.29) is 18.1 Å². The Hall–Kier alpha value is -1.79. The van der Waals surface area contributed by atoms with Crippen LogP contribution in [-0.2, 0) is 16.1 Å². The highest BCUT2D eigenvalue weighted by atomic mass is 16.5. The van der Waals surface area contributed by atoms with Gasteiger partial charge in [-0.2, -0.15) is 0 Å². The van der Waals surface area contributed by atoms with E-state index in [1.165, 1.54) is 12.8 Å². The molecule has 138 valence electrons. The van der Waals surface area contributed by atoms with Crippen molar-refractivity contribution in [2.45, 2.75) is 50.8 Å². The SMILES string of the molecule is COc1cccc(CNC(=O)CC2COCCN2)c1OC1CCCC1. The Labute approximate surface area is 149 Å². The first-order valence-corrected chi connectivity index (χ1v) is 9.16. The smallest absolute Gasteiger partial charge is 0.221 e. The second-order valence-electron chi connectivity index (χ2n) is 6.68. The normalized spacial score (nSPS) is 21.1. The van der Waals surface area contributed by atoms with Crippen LogP contribution in [0.1, 0.15) is 37.7 Å². The van der Waals surface area contributed by atoms with Crippen molar-refractivity contribution in [1.29, 1.82) is 0 Å². The van der Waals surface area contributed by atoms with Crippen LogP contribution in [0.3, 0.4) is 0 Å². The molecule has 1 aromatic rings. The lowest BCUT2D eigenvalue weighted by Crippen LogP contribution is -2.44. The Kier molecular flexibility index (Phi) is 6.53. The van der Waals surface area contributed by atoms with Gasteiger partial charge >= 0.3 is 0 Å². The summed E-state index contributed by atoms with van der Waals surface area (Å²) in [5.41, 5.74) is 0.951. The van der Waals surface area contributed by atoms with Crippen molar-refractivity contribution in [3.8, 4) is 11.5 Å². The highest BCUT2D eigenvalue weighted by molar-refractivity contribution is 5.76. The summed E-state index contributed by atoms with van der Waals surface area (Å²) in [4.78, 5) is 12.2.